The second-order valence-corrected chi connectivity index (χ2v) is 6.05. The first kappa shape index (κ1) is 14.2. The number of ether oxygens (including phenoxy) is 1. The average molecular weight is 261 g/mol. The zero-order chi connectivity index (χ0) is 13.7. The van der Waals surface area contributed by atoms with Gasteiger partial charge in [0, 0.05) is 6.04 Å². The molecule has 1 aliphatic carbocycles. The van der Waals surface area contributed by atoms with E-state index in [0.717, 1.165) is 24.0 Å². The van der Waals surface area contributed by atoms with Crippen LogP contribution in [0.1, 0.15) is 46.5 Å². The molecule has 1 fully saturated rings. The molecule has 2 nitrogen and oxygen atoms in total. The van der Waals surface area contributed by atoms with Crippen LogP contribution < -0.4 is 10.1 Å². The fourth-order valence-corrected chi connectivity index (χ4v) is 2.88. The summed E-state index contributed by atoms with van der Waals surface area (Å²) in [5.41, 5.74) is 1.16. The lowest BCUT2D eigenvalue weighted by atomic mass is 10.0. The summed E-state index contributed by atoms with van der Waals surface area (Å²) in [7, 11) is 0. The molecule has 2 unspecified atom stereocenters. The highest BCUT2D eigenvalue weighted by Crippen LogP contribution is 2.33. The first-order valence-corrected chi connectivity index (χ1v) is 7.69. The van der Waals surface area contributed by atoms with Crippen LogP contribution in [0.15, 0.2) is 24.3 Å². The normalized spacial score (nSPS) is 22.7. The summed E-state index contributed by atoms with van der Waals surface area (Å²) in [5, 5.41) is 3.71. The van der Waals surface area contributed by atoms with Gasteiger partial charge in [-0.3, -0.25) is 0 Å². The van der Waals surface area contributed by atoms with Gasteiger partial charge < -0.3 is 10.1 Å². The third-order valence-corrected chi connectivity index (χ3v) is 3.98. The summed E-state index contributed by atoms with van der Waals surface area (Å²) in [6.07, 6.45) is 5.28. The molecule has 0 radical (unpaired) electrons. The Morgan fingerprint density at radius 2 is 2.05 bits per heavy atom. The molecule has 106 valence electrons. The van der Waals surface area contributed by atoms with Crippen molar-refractivity contribution >= 4 is 5.69 Å². The number of anilines is 1. The highest BCUT2D eigenvalue weighted by atomic mass is 16.5. The van der Waals surface area contributed by atoms with E-state index in [1.165, 1.54) is 25.7 Å². The predicted molar refractivity (Wildman–Crippen MR) is 81.8 cm³/mol. The molecular weight excluding hydrogens is 234 g/mol. The van der Waals surface area contributed by atoms with Gasteiger partial charge in [-0.05, 0) is 36.8 Å². The van der Waals surface area contributed by atoms with Crippen LogP contribution in [-0.4, -0.2) is 12.6 Å². The van der Waals surface area contributed by atoms with E-state index in [9.17, 15) is 0 Å². The number of nitrogens with one attached hydrogen (secondary N) is 1. The minimum absolute atomic E-state index is 0.558. The minimum atomic E-state index is 0.558. The lowest BCUT2D eigenvalue weighted by Crippen LogP contribution is -2.23. The lowest BCUT2D eigenvalue weighted by molar-refractivity contribution is 0.272. The van der Waals surface area contributed by atoms with Gasteiger partial charge in [0.15, 0.2) is 0 Å². The van der Waals surface area contributed by atoms with Gasteiger partial charge in [-0.2, -0.15) is 0 Å². The summed E-state index contributed by atoms with van der Waals surface area (Å²) in [5.74, 6) is 2.37. The van der Waals surface area contributed by atoms with Crippen molar-refractivity contribution in [2.75, 3.05) is 11.9 Å². The molecule has 1 aliphatic rings. The van der Waals surface area contributed by atoms with Crippen molar-refractivity contribution in [3.63, 3.8) is 0 Å². The second-order valence-electron chi connectivity index (χ2n) is 6.05. The SMILES string of the molecule is CCC1CCCC1Nc1ccccc1OCC(C)C. The minimum Gasteiger partial charge on any atom is -0.491 e. The quantitative estimate of drug-likeness (QED) is 0.800. The van der Waals surface area contributed by atoms with Gasteiger partial charge in [0.1, 0.15) is 5.75 Å². The average Bonchev–Trinajstić information content (AvgIpc) is 2.85. The smallest absolute Gasteiger partial charge is 0.142 e. The molecule has 0 aliphatic heterocycles. The van der Waals surface area contributed by atoms with Crippen LogP contribution in [0.25, 0.3) is 0 Å². The van der Waals surface area contributed by atoms with Crippen LogP contribution in [-0.2, 0) is 0 Å². The molecule has 0 heterocycles. The Morgan fingerprint density at radius 1 is 1.26 bits per heavy atom. The Labute approximate surface area is 117 Å². The zero-order valence-electron chi connectivity index (χ0n) is 12.5. The molecule has 19 heavy (non-hydrogen) atoms. The van der Waals surface area contributed by atoms with E-state index in [0.29, 0.717) is 12.0 Å². The van der Waals surface area contributed by atoms with E-state index >= 15 is 0 Å². The van der Waals surface area contributed by atoms with Crippen molar-refractivity contribution in [2.45, 2.75) is 52.5 Å². The largest absolute Gasteiger partial charge is 0.491 e. The zero-order valence-corrected chi connectivity index (χ0v) is 12.5. The van der Waals surface area contributed by atoms with Crippen molar-refractivity contribution in [3.8, 4) is 5.75 Å². The van der Waals surface area contributed by atoms with Crippen molar-refractivity contribution < 1.29 is 4.74 Å². The molecule has 2 heteroatoms. The van der Waals surface area contributed by atoms with E-state index in [2.05, 4.69) is 44.3 Å². The molecule has 0 aromatic heterocycles. The monoisotopic (exact) mass is 261 g/mol. The Morgan fingerprint density at radius 3 is 2.79 bits per heavy atom. The summed E-state index contributed by atoms with van der Waals surface area (Å²) >= 11 is 0. The third-order valence-electron chi connectivity index (χ3n) is 3.98. The maximum absolute atomic E-state index is 5.92. The van der Waals surface area contributed by atoms with Crippen LogP contribution >= 0.6 is 0 Å². The Bertz CT molecular complexity index is 389. The second kappa shape index (κ2) is 6.83. The Kier molecular flexibility index (Phi) is 5.12. The molecule has 1 aromatic carbocycles. The van der Waals surface area contributed by atoms with Crippen LogP contribution in [0.2, 0.25) is 0 Å². The van der Waals surface area contributed by atoms with Gasteiger partial charge in [0.05, 0.1) is 12.3 Å². The number of para-hydroxylation sites is 2. The Hall–Kier alpha value is -1.18. The fraction of sp³-hybridized carbons (Fsp3) is 0.647. The molecular formula is C17H27NO. The van der Waals surface area contributed by atoms with Crippen LogP contribution in [0.4, 0.5) is 5.69 Å². The van der Waals surface area contributed by atoms with Crippen LogP contribution in [0, 0.1) is 11.8 Å². The summed E-state index contributed by atoms with van der Waals surface area (Å²) in [6, 6.07) is 8.96. The highest BCUT2D eigenvalue weighted by Gasteiger charge is 2.26. The molecule has 1 aromatic rings. The summed E-state index contributed by atoms with van der Waals surface area (Å²) < 4.78 is 5.92. The molecule has 2 rings (SSSR count). The molecule has 0 amide bonds. The molecule has 0 bridgehead atoms. The van der Waals surface area contributed by atoms with Crippen molar-refractivity contribution in [3.05, 3.63) is 24.3 Å². The van der Waals surface area contributed by atoms with Gasteiger partial charge in [0.25, 0.3) is 0 Å². The van der Waals surface area contributed by atoms with Crippen LogP contribution in [0.5, 0.6) is 5.75 Å². The molecule has 2 atom stereocenters. The van der Waals surface area contributed by atoms with E-state index in [-0.39, 0.29) is 0 Å². The van der Waals surface area contributed by atoms with Gasteiger partial charge in [-0.1, -0.05) is 45.7 Å². The maximum atomic E-state index is 5.92. The maximum Gasteiger partial charge on any atom is 0.142 e. The van der Waals surface area contributed by atoms with Gasteiger partial charge >= 0.3 is 0 Å². The molecule has 1 saturated carbocycles. The number of benzene rings is 1. The predicted octanol–water partition coefficient (Wildman–Crippen LogP) is 4.71. The number of hydrogen-bond acceptors (Lipinski definition) is 2. The number of hydrogen-bond donors (Lipinski definition) is 1. The first-order valence-electron chi connectivity index (χ1n) is 7.69. The van der Waals surface area contributed by atoms with E-state index in [1.54, 1.807) is 0 Å². The fourth-order valence-electron chi connectivity index (χ4n) is 2.88. The van der Waals surface area contributed by atoms with Gasteiger partial charge in [-0.25, -0.2) is 0 Å². The number of rotatable bonds is 6. The topological polar surface area (TPSA) is 21.3 Å². The van der Waals surface area contributed by atoms with E-state index in [4.69, 9.17) is 4.74 Å². The van der Waals surface area contributed by atoms with Crippen molar-refractivity contribution in [1.29, 1.82) is 0 Å². The van der Waals surface area contributed by atoms with E-state index < -0.39 is 0 Å². The van der Waals surface area contributed by atoms with E-state index in [1.807, 2.05) is 6.07 Å². The Balaban J connectivity index is 2.02. The lowest BCUT2D eigenvalue weighted by Gasteiger charge is -2.23. The molecule has 0 saturated heterocycles. The highest BCUT2D eigenvalue weighted by molar-refractivity contribution is 5.56. The summed E-state index contributed by atoms with van der Waals surface area (Å²) in [4.78, 5) is 0. The first-order chi connectivity index (χ1) is 9.20. The van der Waals surface area contributed by atoms with Crippen molar-refractivity contribution in [2.24, 2.45) is 11.8 Å². The summed E-state index contributed by atoms with van der Waals surface area (Å²) in [6.45, 7) is 7.44. The van der Waals surface area contributed by atoms with Gasteiger partial charge in [-0.15, -0.1) is 0 Å². The van der Waals surface area contributed by atoms with Gasteiger partial charge in [0.2, 0.25) is 0 Å². The van der Waals surface area contributed by atoms with Crippen LogP contribution in [0.3, 0.4) is 0 Å². The van der Waals surface area contributed by atoms with Crippen molar-refractivity contribution in [1.82, 2.24) is 0 Å². The third kappa shape index (κ3) is 3.89. The standard InChI is InChI=1S/C17H27NO/c1-4-14-8-7-10-15(14)18-16-9-5-6-11-17(16)19-12-13(2)3/h5-6,9,11,13-15,18H,4,7-8,10,12H2,1-3H3. The molecule has 1 N–H and O–H groups in total. The molecule has 0 spiro atoms.